The van der Waals surface area contributed by atoms with Gasteiger partial charge in [-0.1, -0.05) is 80.9 Å². The summed E-state index contributed by atoms with van der Waals surface area (Å²) in [5, 5.41) is 12.7. The summed E-state index contributed by atoms with van der Waals surface area (Å²) in [4.78, 5) is 42.6. The molecule has 8 rings (SSSR count). The summed E-state index contributed by atoms with van der Waals surface area (Å²) in [6, 6.07) is 23.6. The van der Waals surface area contributed by atoms with Crippen molar-refractivity contribution in [3.63, 3.8) is 0 Å². The van der Waals surface area contributed by atoms with E-state index < -0.39 is 22.9 Å². The zero-order valence-corrected chi connectivity index (χ0v) is 33.4. The van der Waals surface area contributed by atoms with Crippen LogP contribution in [0.1, 0.15) is 55.1 Å². The fraction of sp³-hybridized carbons (Fsp3) is 0.311. The fourth-order valence-corrected chi connectivity index (χ4v) is 8.85. The van der Waals surface area contributed by atoms with Crippen molar-refractivity contribution in [1.29, 1.82) is 0 Å². The first-order chi connectivity index (χ1) is 27.9. The Morgan fingerprint density at radius 1 is 1.03 bits per heavy atom. The Labute approximate surface area is 340 Å². The van der Waals surface area contributed by atoms with Crippen LogP contribution in [0.5, 0.6) is 17.5 Å². The van der Waals surface area contributed by atoms with Crippen LogP contribution in [0, 0.1) is 11.2 Å². The quantitative estimate of drug-likeness (QED) is 0.127. The lowest BCUT2D eigenvalue weighted by atomic mass is 9.71. The summed E-state index contributed by atoms with van der Waals surface area (Å²) < 4.78 is 34.4. The van der Waals surface area contributed by atoms with Gasteiger partial charge in [-0.15, -0.1) is 0 Å². The van der Waals surface area contributed by atoms with Gasteiger partial charge in [0.15, 0.2) is 12.1 Å². The van der Waals surface area contributed by atoms with Gasteiger partial charge in [0, 0.05) is 41.7 Å². The lowest BCUT2D eigenvalue weighted by molar-refractivity contribution is 0.00528. The second-order valence-corrected chi connectivity index (χ2v) is 16.3. The van der Waals surface area contributed by atoms with E-state index in [1.165, 1.54) is 0 Å². The molecule has 58 heavy (non-hydrogen) atoms. The number of benzene rings is 4. The third kappa shape index (κ3) is 6.99. The first-order valence-electron chi connectivity index (χ1n) is 19.2. The van der Waals surface area contributed by atoms with E-state index in [4.69, 9.17) is 30.8 Å². The first-order valence-corrected chi connectivity index (χ1v) is 19.6. The normalized spacial score (nSPS) is 17.8. The first kappa shape index (κ1) is 38.8. The van der Waals surface area contributed by atoms with E-state index in [2.05, 4.69) is 30.7 Å². The Kier molecular flexibility index (Phi) is 10.3. The molecule has 2 aliphatic rings. The van der Waals surface area contributed by atoms with Gasteiger partial charge in [-0.05, 0) is 65.1 Å². The van der Waals surface area contributed by atoms with Crippen LogP contribution in [-0.4, -0.2) is 75.7 Å². The fourth-order valence-electron chi connectivity index (χ4n) is 8.57. The van der Waals surface area contributed by atoms with E-state index in [9.17, 15) is 14.7 Å². The number of amides is 1. The van der Waals surface area contributed by atoms with Gasteiger partial charge < -0.3 is 24.2 Å². The van der Waals surface area contributed by atoms with Gasteiger partial charge in [-0.3, -0.25) is 14.7 Å². The largest absolute Gasteiger partial charge is 0.497 e. The van der Waals surface area contributed by atoms with E-state index in [1.54, 1.807) is 42.5 Å². The number of nitrogens with zero attached hydrogens (tertiary/aromatic N) is 5. The number of carboxylic acid groups (broad SMARTS) is 1. The summed E-state index contributed by atoms with van der Waals surface area (Å²) in [6.45, 7) is 7.27. The lowest BCUT2D eigenvalue weighted by Crippen LogP contribution is -2.68. The maximum Gasteiger partial charge on any atom is 0.408 e. The third-order valence-electron chi connectivity index (χ3n) is 11.6. The summed E-state index contributed by atoms with van der Waals surface area (Å²) in [6.07, 6.45) is 3.15. The van der Waals surface area contributed by atoms with Gasteiger partial charge in [0.2, 0.25) is 0 Å². The van der Waals surface area contributed by atoms with Gasteiger partial charge in [0.05, 0.1) is 36.2 Å². The van der Waals surface area contributed by atoms with Crippen molar-refractivity contribution in [1.82, 2.24) is 19.9 Å². The molecule has 4 aromatic carbocycles. The van der Waals surface area contributed by atoms with Gasteiger partial charge >= 0.3 is 12.1 Å². The third-order valence-corrected chi connectivity index (χ3v) is 11.9. The molecular weight excluding hydrogens is 761 g/mol. The highest BCUT2D eigenvalue weighted by molar-refractivity contribution is 6.36. The van der Waals surface area contributed by atoms with Gasteiger partial charge in [0.25, 0.3) is 0 Å². The molecule has 0 aliphatic carbocycles. The number of pyridine rings is 1. The maximum absolute atomic E-state index is 17.0. The number of piperazine rings is 1. The number of hydrogen-bond donors (Lipinski definition) is 1. The molecule has 1 amide bonds. The molecular formula is C45H43ClFN5O6. The molecule has 0 unspecified atom stereocenters. The number of hydrogen-bond acceptors (Lipinski definition) is 9. The molecule has 4 heterocycles. The predicted molar refractivity (Wildman–Crippen MR) is 221 cm³/mol. The molecule has 2 saturated heterocycles. The van der Waals surface area contributed by atoms with Crippen molar-refractivity contribution in [2.75, 3.05) is 31.7 Å². The zero-order valence-electron chi connectivity index (χ0n) is 32.7. The Morgan fingerprint density at radius 3 is 2.52 bits per heavy atom. The van der Waals surface area contributed by atoms with Crippen LogP contribution in [0.2, 0.25) is 5.02 Å². The summed E-state index contributed by atoms with van der Waals surface area (Å²) >= 11 is 6.66. The molecule has 0 spiro atoms. The van der Waals surface area contributed by atoms with Crippen LogP contribution in [-0.2, 0) is 13.0 Å². The second-order valence-electron chi connectivity index (χ2n) is 15.9. The minimum Gasteiger partial charge on any atom is -0.497 e. The lowest BCUT2D eigenvalue weighted by Gasteiger charge is -2.54. The number of fused-ring (bicyclic) bond motifs is 4. The number of aromatic nitrogens is 3. The molecule has 1 N–H and O–H groups in total. The number of anilines is 1. The van der Waals surface area contributed by atoms with E-state index in [0.717, 1.165) is 28.5 Å². The van der Waals surface area contributed by atoms with Crippen molar-refractivity contribution in [2.45, 2.75) is 58.2 Å². The zero-order chi connectivity index (χ0) is 40.8. The van der Waals surface area contributed by atoms with Crippen LogP contribution >= 0.6 is 11.6 Å². The molecule has 2 aromatic heterocycles. The van der Waals surface area contributed by atoms with Crippen LogP contribution in [0.25, 0.3) is 32.9 Å². The van der Waals surface area contributed by atoms with Crippen molar-refractivity contribution < 1.29 is 33.3 Å². The van der Waals surface area contributed by atoms with Gasteiger partial charge in [-0.25, -0.2) is 9.18 Å². The Hall–Kier alpha value is -6.01. The molecule has 2 aliphatic heterocycles. The highest BCUT2D eigenvalue weighted by Crippen LogP contribution is 2.50. The molecule has 2 fully saturated rings. The Balaban J connectivity index is 1.12. The van der Waals surface area contributed by atoms with Crippen molar-refractivity contribution >= 4 is 51.5 Å². The molecule has 0 radical (unpaired) electrons. The number of methoxy groups -OCH3 is 1. The number of halogens is 2. The van der Waals surface area contributed by atoms with Crippen molar-refractivity contribution in [3.05, 3.63) is 113 Å². The Morgan fingerprint density at radius 2 is 1.79 bits per heavy atom. The van der Waals surface area contributed by atoms with Crippen LogP contribution in [0.3, 0.4) is 0 Å². The summed E-state index contributed by atoms with van der Waals surface area (Å²) in [7, 11) is 1.61. The number of carbonyl (C=O) groups is 2. The highest BCUT2D eigenvalue weighted by Gasteiger charge is 2.59. The van der Waals surface area contributed by atoms with Crippen LogP contribution < -0.4 is 19.1 Å². The molecule has 2 atom stereocenters. The minimum atomic E-state index is -0.950. The number of ether oxygens (including phenoxy) is 3. The number of carbonyl (C=O) groups excluding carboxylic acids is 1. The molecule has 2 bridgehead atoms. The van der Waals surface area contributed by atoms with E-state index >= 15 is 4.39 Å². The van der Waals surface area contributed by atoms with Crippen molar-refractivity contribution in [3.8, 4) is 28.8 Å². The van der Waals surface area contributed by atoms with E-state index in [1.807, 2.05) is 59.5 Å². The summed E-state index contributed by atoms with van der Waals surface area (Å²) in [5.41, 5.74) is 1.64. The summed E-state index contributed by atoms with van der Waals surface area (Å²) in [5.74, 6) is 0.958. The van der Waals surface area contributed by atoms with E-state index in [-0.39, 0.29) is 36.5 Å². The highest BCUT2D eigenvalue weighted by atomic mass is 35.5. The van der Waals surface area contributed by atoms with Crippen molar-refractivity contribution in [2.24, 2.45) is 5.41 Å². The molecule has 13 heteroatoms. The molecule has 11 nitrogen and oxygen atoms in total. The monoisotopic (exact) mass is 803 g/mol. The average molecular weight is 804 g/mol. The SMILES string of the molecule is COc1ccc(COc2ccc(CCOc3nc(N4C[C@@H]5CC[C@@](C(C)(C)C)(C4)N5C(=O)O)c4cnc(-c5cccc6cccc(Cl)c56)c(F)c4n3)cc2C=O)cc1. The minimum absolute atomic E-state index is 0.0217. The van der Waals surface area contributed by atoms with Crippen LogP contribution in [0.4, 0.5) is 15.0 Å². The standard InChI is InChI=1S/C45H43ClFN5O6/c1-44(2,3)45-19-17-31(52(45)43(54)55)23-51(26-45)41-34-22-48-39(33-9-5-7-29-8-6-10-35(46)37(29)33)38(47)40(34)49-42(50-41)57-20-18-27-13-16-36(30(21-27)24-53)58-25-28-11-14-32(56-4)15-12-28/h5-16,21-22,24,31H,17-20,23,25-26H2,1-4H3,(H,54,55)/t31-,45-/m0/s1. The Bertz CT molecular complexity index is 2540. The smallest absolute Gasteiger partial charge is 0.408 e. The maximum atomic E-state index is 17.0. The molecule has 298 valence electrons. The topological polar surface area (TPSA) is 127 Å². The van der Waals surface area contributed by atoms with Crippen LogP contribution in [0.15, 0.2) is 85.1 Å². The van der Waals surface area contributed by atoms with E-state index in [0.29, 0.717) is 70.8 Å². The van der Waals surface area contributed by atoms with Gasteiger partial charge in [-0.2, -0.15) is 9.97 Å². The average Bonchev–Trinajstić information content (AvgIpc) is 3.48. The number of rotatable bonds is 11. The van der Waals surface area contributed by atoms with Gasteiger partial charge in [0.1, 0.15) is 35.1 Å². The number of aldehydes is 1. The second kappa shape index (κ2) is 15.4. The molecule has 6 aromatic rings. The predicted octanol–water partition coefficient (Wildman–Crippen LogP) is 9.41. The molecule has 0 saturated carbocycles.